The average Bonchev–Trinajstić information content (AvgIpc) is 3.38. The van der Waals surface area contributed by atoms with Crippen LogP contribution in [0.15, 0.2) is 243 Å². The summed E-state index contributed by atoms with van der Waals surface area (Å²) in [4.78, 5) is 11.2. The second-order valence-corrected chi connectivity index (χ2v) is 16.5. The minimum Gasteiger partial charge on any atom is -0.228 e. The largest absolute Gasteiger partial charge is 0.228 e. The molecule has 1 heterocycles. The second kappa shape index (κ2) is 15.8. The maximum Gasteiger partial charge on any atom is 0.160 e. The monoisotopic (exact) mass is 812 g/mol. The van der Waals surface area contributed by atoms with Gasteiger partial charge in [-0.05, 0) is 136 Å². The maximum absolute atomic E-state index is 5.59. The summed E-state index contributed by atoms with van der Waals surface area (Å²) >= 11 is 0. The van der Waals surface area contributed by atoms with Crippen LogP contribution >= 0.6 is 0 Å². The van der Waals surface area contributed by atoms with E-state index in [1.54, 1.807) is 0 Å². The predicted octanol–water partition coefficient (Wildman–Crippen LogP) is 16.8. The lowest BCUT2D eigenvalue weighted by Gasteiger charge is -2.16. The molecule has 0 amide bonds. The Morgan fingerprint density at radius 2 is 0.531 bits per heavy atom. The number of hydrogen-bond donors (Lipinski definition) is 0. The SMILES string of the molecule is c1ccc(-c2cccc(-c3cc(-c4cccc(-c5ccccc5)c4)cc(-c4nc(-c5cc6ccccc6c6ccccc56)cc(-c5cc6ccccc6c6ccccc56)n4)c3)c2)cc1. The Morgan fingerprint density at radius 1 is 0.203 bits per heavy atom. The normalized spacial score (nSPS) is 11.4. The lowest BCUT2D eigenvalue weighted by molar-refractivity contribution is 1.19. The van der Waals surface area contributed by atoms with Gasteiger partial charge in [0, 0.05) is 16.7 Å². The van der Waals surface area contributed by atoms with Gasteiger partial charge < -0.3 is 0 Å². The van der Waals surface area contributed by atoms with Gasteiger partial charge in [0.15, 0.2) is 5.82 Å². The quantitative estimate of drug-likeness (QED) is 0.150. The third-order valence-corrected chi connectivity index (χ3v) is 12.6. The third kappa shape index (κ3) is 6.79. The van der Waals surface area contributed by atoms with Gasteiger partial charge in [0.05, 0.1) is 11.4 Å². The van der Waals surface area contributed by atoms with E-state index in [1.807, 2.05) is 0 Å². The highest BCUT2D eigenvalue weighted by atomic mass is 14.9. The van der Waals surface area contributed by atoms with E-state index in [1.165, 1.54) is 54.6 Å². The number of nitrogens with zero attached hydrogens (tertiary/aromatic N) is 2. The highest BCUT2D eigenvalue weighted by Crippen LogP contribution is 2.41. The topological polar surface area (TPSA) is 25.8 Å². The van der Waals surface area contributed by atoms with Crippen molar-refractivity contribution in [2.45, 2.75) is 0 Å². The molecule has 0 unspecified atom stereocenters. The molecule has 298 valence electrons. The predicted molar refractivity (Wildman–Crippen MR) is 270 cm³/mol. The van der Waals surface area contributed by atoms with Crippen LogP contribution in [0.3, 0.4) is 0 Å². The molecule has 0 aliphatic heterocycles. The fourth-order valence-electron chi connectivity index (χ4n) is 9.49. The van der Waals surface area contributed by atoms with E-state index in [9.17, 15) is 0 Å². The highest BCUT2D eigenvalue weighted by molar-refractivity contribution is 6.15. The van der Waals surface area contributed by atoms with Gasteiger partial charge in [-0.3, -0.25) is 0 Å². The van der Waals surface area contributed by atoms with Gasteiger partial charge in [-0.1, -0.05) is 194 Å². The van der Waals surface area contributed by atoms with Crippen LogP contribution in [-0.4, -0.2) is 9.97 Å². The van der Waals surface area contributed by atoms with Gasteiger partial charge in [-0.2, -0.15) is 0 Å². The summed E-state index contributed by atoms with van der Waals surface area (Å²) in [5, 5.41) is 9.53. The summed E-state index contributed by atoms with van der Waals surface area (Å²) in [6.45, 7) is 0. The van der Waals surface area contributed by atoms with Crippen LogP contribution in [0, 0.1) is 0 Å². The zero-order chi connectivity index (χ0) is 42.4. The number of rotatable bonds is 7. The Balaban J connectivity index is 1.14. The first-order valence-electron chi connectivity index (χ1n) is 21.9. The standard InChI is InChI=1S/C62H40N2/c1-3-17-41(18-4-1)43-23-15-25-45(33-43)49-35-50(46-26-16-24-44(34-46)42-19-5-2-6-20-42)37-51(36-49)62-63-60(58-38-47-21-7-9-27-52(47)54-29-11-13-31-56(54)58)40-61(64-62)59-39-48-22-8-10-28-53(48)55-30-12-14-32-57(55)59/h1-40H. The zero-order valence-corrected chi connectivity index (χ0v) is 35.0. The van der Waals surface area contributed by atoms with Crippen molar-refractivity contribution in [1.82, 2.24) is 9.97 Å². The second-order valence-electron chi connectivity index (χ2n) is 16.5. The van der Waals surface area contributed by atoms with Gasteiger partial charge in [-0.15, -0.1) is 0 Å². The van der Waals surface area contributed by atoms with E-state index in [-0.39, 0.29) is 0 Å². The Kier molecular flexibility index (Phi) is 9.20. The van der Waals surface area contributed by atoms with Gasteiger partial charge >= 0.3 is 0 Å². The van der Waals surface area contributed by atoms with Gasteiger partial charge in [-0.25, -0.2) is 9.97 Å². The molecule has 0 aliphatic carbocycles. The van der Waals surface area contributed by atoms with Crippen molar-refractivity contribution in [3.63, 3.8) is 0 Å². The van der Waals surface area contributed by atoms with Crippen molar-refractivity contribution in [1.29, 1.82) is 0 Å². The van der Waals surface area contributed by atoms with Crippen LogP contribution in [0.4, 0.5) is 0 Å². The molecule has 0 bridgehead atoms. The van der Waals surface area contributed by atoms with Crippen LogP contribution in [0.1, 0.15) is 0 Å². The molecule has 0 atom stereocenters. The first kappa shape index (κ1) is 37.3. The molecule has 0 spiro atoms. The number of aromatic nitrogens is 2. The van der Waals surface area contributed by atoms with E-state index in [0.29, 0.717) is 5.82 Å². The Morgan fingerprint density at radius 3 is 0.984 bits per heavy atom. The molecule has 0 saturated heterocycles. The first-order chi connectivity index (χ1) is 31.7. The third-order valence-electron chi connectivity index (χ3n) is 12.6. The van der Waals surface area contributed by atoms with Crippen LogP contribution < -0.4 is 0 Å². The van der Waals surface area contributed by atoms with E-state index in [0.717, 1.165) is 61.1 Å². The van der Waals surface area contributed by atoms with Crippen LogP contribution in [0.2, 0.25) is 0 Å². The fraction of sp³-hybridized carbons (Fsp3) is 0. The van der Waals surface area contributed by atoms with E-state index in [2.05, 4.69) is 243 Å². The summed E-state index contributed by atoms with van der Waals surface area (Å²) in [5.41, 5.74) is 14.0. The number of fused-ring (bicyclic) bond motifs is 6. The van der Waals surface area contributed by atoms with E-state index < -0.39 is 0 Å². The number of hydrogen-bond acceptors (Lipinski definition) is 2. The molecule has 12 rings (SSSR count). The molecule has 2 nitrogen and oxygen atoms in total. The summed E-state index contributed by atoms with van der Waals surface area (Å²) in [5.74, 6) is 0.670. The molecule has 0 N–H and O–H groups in total. The summed E-state index contributed by atoms with van der Waals surface area (Å²) in [7, 11) is 0. The van der Waals surface area contributed by atoms with Crippen molar-refractivity contribution < 1.29 is 0 Å². The van der Waals surface area contributed by atoms with Crippen molar-refractivity contribution in [3.05, 3.63) is 243 Å². The molecule has 0 aliphatic rings. The lowest BCUT2D eigenvalue weighted by Crippen LogP contribution is -1.98. The van der Waals surface area contributed by atoms with Crippen molar-refractivity contribution in [3.8, 4) is 78.4 Å². The van der Waals surface area contributed by atoms with Crippen molar-refractivity contribution >= 4 is 43.1 Å². The summed E-state index contributed by atoms with van der Waals surface area (Å²) in [6, 6.07) is 87.3. The van der Waals surface area contributed by atoms with Gasteiger partial charge in [0.1, 0.15) is 0 Å². The van der Waals surface area contributed by atoms with Crippen molar-refractivity contribution in [2.24, 2.45) is 0 Å². The average molecular weight is 813 g/mol. The smallest absolute Gasteiger partial charge is 0.160 e. The summed E-state index contributed by atoms with van der Waals surface area (Å²) < 4.78 is 0. The van der Waals surface area contributed by atoms with Gasteiger partial charge in [0.25, 0.3) is 0 Å². The van der Waals surface area contributed by atoms with Crippen molar-refractivity contribution in [2.75, 3.05) is 0 Å². The Labute approximate surface area is 372 Å². The summed E-state index contributed by atoms with van der Waals surface area (Å²) in [6.07, 6.45) is 0. The molecular weight excluding hydrogens is 773 g/mol. The lowest BCUT2D eigenvalue weighted by atomic mass is 9.92. The molecule has 0 saturated carbocycles. The maximum atomic E-state index is 5.59. The molecule has 0 radical (unpaired) electrons. The van der Waals surface area contributed by atoms with Crippen LogP contribution in [-0.2, 0) is 0 Å². The first-order valence-corrected chi connectivity index (χ1v) is 21.9. The molecule has 12 aromatic rings. The minimum atomic E-state index is 0.670. The van der Waals surface area contributed by atoms with Crippen LogP contribution in [0.25, 0.3) is 122 Å². The molecule has 0 fully saturated rings. The molecule has 1 aromatic heterocycles. The Hall–Kier alpha value is -8.46. The number of benzene rings is 11. The van der Waals surface area contributed by atoms with Crippen LogP contribution in [0.5, 0.6) is 0 Å². The molecule has 11 aromatic carbocycles. The van der Waals surface area contributed by atoms with E-state index in [4.69, 9.17) is 9.97 Å². The Bertz CT molecular complexity index is 3480. The highest BCUT2D eigenvalue weighted by Gasteiger charge is 2.19. The molecular formula is C62H40N2. The molecule has 2 heteroatoms. The minimum absolute atomic E-state index is 0.670. The fourth-order valence-corrected chi connectivity index (χ4v) is 9.49. The molecule has 64 heavy (non-hydrogen) atoms. The van der Waals surface area contributed by atoms with Gasteiger partial charge in [0.2, 0.25) is 0 Å². The van der Waals surface area contributed by atoms with E-state index >= 15 is 0 Å². The zero-order valence-electron chi connectivity index (χ0n) is 35.0.